The molecule has 0 N–H and O–H groups in total. The van der Waals surface area contributed by atoms with Crippen LogP contribution in [0.15, 0.2) is 24.3 Å². The molecule has 1 aromatic heterocycles. The Morgan fingerprint density at radius 1 is 1.29 bits per heavy atom. The summed E-state index contributed by atoms with van der Waals surface area (Å²) >= 11 is 0. The van der Waals surface area contributed by atoms with Crippen molar-refractivity contribution in [1.82, 2.24) is 9.78 Å². The van der Waals surface area contributed by atoms with Crippen molar-refractivity contribution in [2.75, 3.05) is 0 Å². The fraction of sp³-hybridized carbons (Fsp3) is 0.286. The third kappa shape index (κ3) is 3.29. The third-order valence-electron chi connectivity index (χ3n) is 3.03. The second-order valence-corrected chi connectivity index (χ2v) is 4.69. The topological polar surface area (TPSA) is 34.9 Å². The van der Waals surface area contributed by atoms with Crippen LogP contribution < -0.4 is 0 Å². The summed E-state index contributed by atoms with van der Waals surface area (Å²) in [6.45, 7) is 1.72. The van der Waals surface area contributed by atoms with Crippen molar-refractivity contribution in [2.24, 2.45) is 7.05 Å². The largest absolute Gasteiger partial charge is 0.416 e. The molecular formula is C14H12F4N2O. The number of halogens is 4. The van der Waals surface area contributed by atoms with Gasteiger partial charge in [0.05, 0.1) is 23.2 Å². The summed E-state index contributed by atoms with van der Waals surface area (Å²) in [7, 11) is 1.61. The van der Waals surface area contributed by atoms with Gasteiger partial charge in [-0.15, -0.1) is 0 Å². The van der Waals surface area contributed by atoms with Crippen molar-refractivity contribution >= 4 is 5.78 Å². The molecule has 2 aromatic rings. The Hall–Kier alpha value is -2.18. The standard InChI is InChI=1S/C14H12F4N2O/c1-8-5-10(20(2)19-8)7-13(21)11-6-9(14(16,17)18)3-4-12(11)15/h3-6H,7H2,1-2H3. The van der Waals surface area contributed by atoms with E-state index in [1.807, 2.05) is 0 Å². The van der Waals surface area contributed by atoms with Crippen LogP contribution in [-0.4, -0.2) is 15.6 Å². The minimum Gasteiger partial charge on any atom is -0.294 e. The van der Waals surface area contributed by atoms with Crippen LogP contribution in [0.25, 0.3) is 0 Å². The highest BCUT2D eigenvalue weighted by Gasteiger charge is 2.32. The zero-order valence-corrected chi connectivity index (χ0v) is 11.3. The Kier molecular flexibility index (Phi) is 3.85. The van der Waals surface area contributed by atoms with Gasteiger partial charge in [-0.3, -0.25) is 9.48 Å². The molecule has 0 fully saturated rings. The van der Waals surface area contributed by atoms with Crippen LogP contribution >= 0.6 is 0 Å². The molecule has 0 aliphatic rings. The number of hydrogen-bond acceptors (Lipinski definition) is 2. The number of ketones is 1. The predicted molar refractivity (Wildman–Crippen MR) is 67.4 cm³/mol. The molecule has 3 nitrogen and oxygen atoms in total. The fourth-order valence-electron chi connectivity index (χ4n) is 2.00. The van der Waals surface area contributed by atoms with Gasteiger partial charge >= 0.3 is 6.18 Å². The summed E-state index contributed by atoms with van der Waals surface area (Å²) in [5.74, 6) is -1.69. The molecule has 0 spiro atoms. The van der Waals surface area contributed by atoms with Crippen LogP contribution in [0.5, 0.6) is 0 Å². The maximum absolute atomic E-state index is 13.6. The highest BCUT2D eigenvalue weighted by Crippen LogP contribution is 2.30. The molecule has 7 heteroatoms. The zero-order chi connectivity index (χ0) is 15.8. The van der Waals surface area contributed by atoms with Crippen LogP contribution in [0.1, 0.15) is 27.3 Å². The summed E-state index contributed by atoms with van der Waals surface area (Å²) in [6.07, 6.45) is -4.83. The van der Waals surface area contributed by atoms with Crippen LogP contribution in [-0.2, 0) is 19.6 Å². The molecule has 2 rings (SSSR count). The predicted octanol–water partition coefficient (Wildman–Crippen LogP) is 3.31. The Morgan fingerprint density at radius 2 is 1.95 bits per heavy atom. The third-order valence-corrected chi connectivity index (χ3v) is 3.03. The van der Waals surface area contributed by atoms with Gasteiger partial charge in [0.25, 0.3) is 0 Å². The Labute approximate surface area is 118 Å². The Balaban J connectivity index is 2.33. The number of rotatable bonds is 3. The highest BCUT2D eigenvalue weighted by molar-refractivity contribution is 5.97. The Morgan fingerprint density at radius 3 is 2.48 bits per heavy atom. The lowest BCUT2D eigenvalue weighted by Crippen LogP contribution is -2.12. The van der Waals surface area contributed by atoms with E-state index in [1.54, 1.807) is 20.0 Å². The van der Waals surface area contributed by atoms with Crippen molar-refractivity contribution in [3.8, 4) is 0 Å². The second kappa shape index (κ2) is 5.31. The number of aromatic nitrogens is 2. The van der Waals surface area contributed by atoms with Gasteiger partial charge < -0.3 is 0 Å². The van der Waals surface area contributed by atoms with Crippen LogP contribution in [0.2, 0.25) is 0 Å². The minimum absolute atomic E-state index is 0.213. The van der Waals surface area contributed by atoms with E-state index < -0.39 is 28.9 Å². The van der Waals surface area contributed by atoms with Crippen molar-refractivity contribution in [1.29, 1.82) is 0 Å². The molecule has 112 valence electrons. The number of nitrogens with zero attached hydrogens (tertiary/aromatic N) is 2. The van der Waals surface area contributed by atoms with Crippen molar-refractivity contribution in [3.05, 3.63) is 52.6 Å². The van der Waals surface area contributed by atoms with Crippen molar-refractivity contribution in [3.63, 3.8) is 0 Å². The minimum atomic E-state index is -4.62. The lowest BCUT2D eigenvalue weighted by atomic mass is 10.0. The number of aryl methyl sites for hydroxylation is 2. The molecule has 0 unspecified atom stereocenters. The normalized spacial score (nSPS) is 11.7. The molecule has 0 saturated carbocycles. The summed E-state index contributed by atoms with van der Waals surface area (Å²) in [5.41, 5.74) is -0.434. The van der Waals surface area contributed by atoms with E-state index in [1.165, 1.54) is 4.68 Å². The number of alkyl halides is 3. The molecule has 1 heterocycles. The van der Waals surface area contributed by atoms with Gasteiger partial charge in [0, 0.05) is 12.7 Å². The van der Waals surface area contributed by atoms with Gasteiger partial charge in [-0.2, -0.15) is 18.3 Å². The fourth-order valence-corrected chi connectivity index (χ4v) is 2.00. The average molecular weight is 300 g/mol. The Bertz CT molecular complexity index is 689. The van der Waals surface area contributed by atoms with Gasteiger partial charge in [-0.05, 0) is 31.2 Å². The smallest absolute Gasteiger partial charge is 0.294 e. The van der Waals surface area contributed by atoms with E-state index in [0.717, 1.165) is 0 Å². The molecule has 0 atom stereocenters. The molecular weight excluding hydrogens is 288 g/mol. The summed E-state index contributed by atoms with van der Waals surface area (Å²) in [6, 6.07) is 3.44. The molecule has 0 aliphatic carbocycles. The lowest BCUT2D eigenvalue weighted by Gasteiger charge is -2.09. The average Bonchev–Trinajstić information content (AvgIpc) is 2.66. The summed E-state index contributed by atoms with van der Waals surface area (Å²) in [4.78, 5) is 12.0. The number of carbonyl (C=O) groups is 1. The monoisotopic (exact) mass is 300 g/mol. The van der Waals surface area contributed by atoms with Crippen LogP contribution in [0.3, 0.4) is 0 Å². The van der Waals surface area contributed by atoms with Gasteiger partial charge in [0.2, 0.25) is 0 Å². The van der Waals surface area contributed by atoms with E-state index in [0.29, 0.717) is 29.6 Å². The summed E-state index contributed by atoms with van der Waals surface area (Å²) < 4.78 is 52.9. The van der Waals surface area contributed by atoms with E-state index in [4.69, 9.17) is 0 Å². The van der Waals surface area contributed by atoms with Gasteiger partial charge in [-0.25, -0.2) is 4.39 Å². The maximum atomic E-state index is 13.6. The molecule has 0 radical (unpaired) electrons. The summed E-state index contributed by atoms with van der Waals surface area (Å²) in [5, 5.41) is 4.03. The molecule has 1 aromatic carbocycles. The first-order valence-electron chi connectivity index (χ1n) is 6.08. The van der Waals surface area contributed by atoms with E-state index in [-0.39, 0.29) is 6.42 Å². The van der Waals surface area contributed by atoms with Gasteiger partial charge in [-0.1, -0.05) is 0 Å². The molecule has 0 saturated heterocycles. The second-order valence-electron chi connectivity index (χ2n) is 4.69. The number of benzene rings is 1. The lowest BCUT2D eigenvalue weighted by molar-refractivity contribution is -0.137. The number of carbonyl (C=O) groups excluding carboxylic acids is 1. The van der Waals surface area contributed by atoms with Crippen LogP contribution in [0, 0.1) is 12.7 Å². The van der Waals surface area contributed by atoms with Crippen LogP contribution in [0.4, 0.5) is 17.6 Å². The molecule has 0 amide bonds. The quantitative estimate of drug-likeness (QED) is 0.644. The first-order valence-corrected chi connectivity index (χ1v) is 6.08. The molecule has 0 bridgehead atoms. The van der Waals surface area contributed by atoms with Crippen molar-refractivity contribution in [2.45, 2.75) is 19.5 Å². The number of Topliss-reactive ketones (excluding diaryl/α,β-unsaturated/α-hetero) is 1. The van der Waals surface area contributed by atoms with Gasteiger partial charge in [0.15, 0.2) is 5.78 Å². The first kappa shape index (κ1) is 15.2. The maximum Gasteiger partial charge on any atom is 0.416 e. The first-order chi connectivity index (χ1) is 9.68. The molecule has 0 aliphatic heterocycles. The highest BCUT2D eigenvalue weighted by atomic mass is 19.4. The number of hydrogen-bond donors (Lipinski definition) is 0. The van der Waals surface area contributed by atoms with Crippen molar-refractivity contribution < 1.29 is 22.4 Å². The van der Waals surface area contributed by atoms with Gasteiger partial charge in [0.1, 0.15) is 5.82 Å². The van der Waals surface area contributed by atoms with E-state index >= 15 is 0 Å². The molecule has 21 heavy (non-hydrogen) atoms. The van der Waals surface area contributed by atoms with E-state index in [2.05, 4.69) is 5.10 Å². The zero-order valence-electron chi connectivity index (χ0n) is 11.3. The SMILES string of the molecule is Cc1cc(CC(=O)c2cc(C(F)(F)F)ccc2F)n(C)n1. The van der Waals surface area contributed by atoms with E-state index in [9.17, 15) is 22.4 Å².